The molecule has 0 saturated carbocycles. The minimum Gasteiger partial charge on any atom is -0.489 e. The van der Waals surface area contributed by atoms with Crippen LogP contribution in [0.5, 0.6) is 5.75 Å². The quantitative estimate of drug-likeness (QED) is 0.549. The summed E-state index contributed by atoms with van der Waals surface area (Å²) < 4.78 is 5.73. The number of rotatable bonds is 8. The molecule has 3 aromatic rings. The predicted octanol–water partition coefficient (Wildman–Crippen LogP) is 5.22. The number of benzene rings is 2. The van der Waals surface area contributed by atoms with E-state index in [1.54, 1.807) is 18.5 Å². The van der Waals surface area contributed by atoms with Crippen molar-refractivity contribution >= 4 is 29.1 Å². The van der Waals surface area contributed by atoms with Crippen LogP contribution in [0.4, 0.5) is 0 Å². The third-order valence-corrected chi connectivity index (χ3v) is 5.05. The van der Waals surface area contributed by atoms with Gasteiger partial charge in [0, 0.05) is 30.9 Å². The fourth-order valence-electron chi connectivity index (χ4n) is 2.63. The van der Waals surface area contributed by atoms with Crippen LogP contribution in [0.2, 0.25) is 10.0 Å². The first-order valence-electron chi connectivity index (χ1n) is 8.92. The number of carbonyl (C=O) groups excluding carboxylic acids is 1. The summed E-state index contributed by atoms with van der Waals surface area (Å²) in [7, 11) is 0. The summed E-state index contributed by atoms with van der Waals surface area (Å²) in [6.07, 6.45) is 4.41. The lowest BCUT2D eigenvalue weighted by Gasteiger charge is -2.09. The number of carbonyl (C=O) groups is 1. The second kappa shape index (κ2) is 10.1. The maximum atomic E-state index is 12.1. The summed E-state index contributed by atoms with van der Waals surface area (Å²) in [5.41, 5.74) is 2.89. The predicted molar refractivity (Wildman–Crippen MR) is 112 cm³/mol. The number of aromatic nitrogens is 1. The van der Waals surface area contributed by atoms with Gasteiger partial charge in [-0.3, -0.25) is 9.78 Å². The zero-order chi connectivity index (χ0) is 19.8. The Bertz CT molecular complexity index is 916. The Morgan fingerprint density at radius 3 is 2.57 bits per heavy atom. The minimum absolute atomic E-state index is 0.0343. The van der Waals surface area contributed by atoms with Crippen molar-refractivity contribution in [2.45, 2.75) is 26.0 Å². The van der Waals surface area contributed by atoms with Gasteiger partial charge in [-0.2, -0.15) is 0 Å². The van der Waals surface area contributed by atoms with Crippen LogP contribution >= 0.6 is 23.2 Å². The Hall–Kier alpha value is -2.56. The normalized spacial score (nSPS) is 10.5. The number of hydrogen-bond donors (Lipinski definition) is 1. The van der Waals surface area contributed by atoms with Gasteiger partial charge in [0.05, 0.1) is 10.0 Å². The Kier molecular flexibility index (Phi) is 7.29. The van der Waals surface area contributed by atoms with Gasteiger partial charge >= 0.3 is 0 Å². The number of pyridine rings is 1. The number of nitrogens with zero attached hydrogens (tertiary/aromatic N) is 1. The summed E-state index contributed by atoms with van der Waals surface area (Å²) >= 11 is 12.1. The first kappa shape index (κ1) is 20.2. The van der Waals surface area contributed by atoms with Gasteiger partial charge < -0.3 is 10.1 Å². The molecule has 1 amide bonds. The second-order valence-corrected chi connectivity index (χ2v) is 7.07. The highest BCUT2D eigenvalue weighted by Crippen LogP contribution is 2.26. The molecule has 0 bridgehead atoms. The zero-order valence-electron chi connectivity index (χ0n) is 15.2. The number of halogens is 2. The van der Waals surface area contributed by atoms with Crippen molar-refractivity contribution in [3.63, 3.8) is 0 Å². The van der Waals surface area contributed by atoms with Crippen LogP contribution < -0.4 is 10.1 Å². The minimum atomic E-state index is -0.0343. The molecule has 0 aliphatic heterocycles. The van der Waals surface area contributed by atoms with Crippen LogP contribution in [0.25, 0.3) is 0 Å². The lowest BCUT2D eigenvalue weighted by Crippen LogP contribution is -2.23. The molecule has 2 aromatic carbocycles. The molecule has 1 heterocycles. The topological polar surface area (TPSA) is 51.2 Å². The number of nitrogens with one attached hydrogen (secondary N) is 1. The molecule has 0 aliphatic carbocycles. The molecule has 4 nitrogen and oxygen atoms in total. The fourth-order valence-corrected chi connectivity index (χ4v) is 3.05. The Morgan fingerprint density at radius 1 is 1.00 bits per heavy atom. The highest BCUT2D eigenvalue weighted by atomic mass is 35.5. The second-order valence-electron chi connectivity index (χ2n) is 6.28. The average molecular weight is 415 g/mol. The maximum absolute atomic E-state index is 12.1. The van der Waals surface area contributed by atoms with Crippen LogP contribution in [0.3, 0.4) is 0 Å². The van der Waals surface area contributed by atoms with E-state index in [4.69, 9.17) is 27.9 Å². The van der Waals surface area contributed by atoms with Gasteiger partial charge in [0.1, 0.15) is 12.4 Å². The molecule has 0 saturated heterocycles. The van der Waals surface area contributed by atoms with E-state index in [9.17, 15) is 4.79 Å². The van der Waals surface area contributed by atoms with Crippen molar-refractivity contribution < 1.29 is 9.53 Å². The summed E-state index contributed by atoms with van der Waals surface area (Å²) in [6, 6.07) is 17.0. The van der Waals surface area contributed by atoms with Gasteiger partial charge in [-0.15, -0.1) is 0 Å². The van der Waals surface area contributed by atoms with Gasteiger partial charge in [0.25, 0.3) is 0 Å². The Labute approximate surface area is 174 Å². The number of aryl methyl sites for hydroxylation is 1. The molecular weight excluding hydrogens is 395 g/mol. The average Bonchev–Trinajstić information content (AvgIpc) is 2.73. The van der Waals surface area contributed by atoms with Crippen molar-refractivity contribution in [2.24, 2.45) is 0 Å². The van der Waals surface area contributed by atoms with Crippen molar-refractivity contribution in [2.75, 3.05) is 0 Å². The van der Waals surface area contributed by atoms with Crippen LogP contribution in [0, 0.1) is 0 Å². The van der Waals surface area contributed by atoms with Gasteiger partial charge in [-0.25, -0.2) is 0 Å². The zero-order valence-corrected chi connectivity index (χ0v) is 16.7. The van der Waals surface area contributed by atoms with Gasteiger partial charge in [0.2, 0.25) is 5.91 Å². The van der Waals surface area contributed by atoms with Crippen LogP contribution in [-0.2, 0) is 24.4 Å². The van der Waals surface area contributed by atoms with Gasteiger partial charge in [-0.1, -0.05) is 53.5 Å². The highest BCUT2D eigenvalue weighted by molar-refractivity contribution is 6.42. The van der Waals surface area contributed by atoms with E-state index in [0.717, 1.165) is 22.4 Å². The first-order chi connectivity index (χ1) is 13.6. The molecule has 6 heteroatoms. The van der Waals surface area contributed by atoms with E-state index in [-0.39, 0.29) is 5.91 Å². The summed E-state index contributed by atoms with van der Waals surface area (Å²) in [6.45, 7) is 0.932. The van der Waals surface area contributed by atoms with Crippen LogP contribution in [0.1, 0.15) is 23.1 Å². The molecule has 0 unspecified atom stereocenters. The van der Waals surface area contributed by atoms with E-state index >= 15 is 0 Å². The van der Waals surface area contributed by atoms with E-state index in [0.29, 0.717) is 36.0 Å². The van der Waals surface area contributed by atoms with Crippen molar-refractivity contribution in [1.29, 1.82) is 0 Å². The van der Waals surface area contributed by atoms with Crippen molar-refractivity contribution in [3.05, 3.63) is 93.7 Å². The van der Waals surface area contributed by atoms with Gasteiger partial charge in [0.15, 0.2) is 0 Å². The molecule has 1 aromatic heterocycles. The molecule has 144 valence electrons. The molecule has 0 radical (unpaired) electrons. The number of hydrogen-bond acceptors (Lipinski definition) is 3. The highest BCUT2D eigenvalue weighted by Gasteiger charge is 2.07. The monoisotopic (exact) mass is 414 g/mol. The fraction of sp³-hybridized carbons (Fsp3) is 0.182. The van der Waals surface area contributed by atoms with Gasteiger partial charge in [-0.05, 0) is 41.8 Å². The Balaban J connectivity index is 1.42. The van der Waals surface area contributed by atoms with Crippen molar-refractivity contribution in [1.82, 2.24) is 10.3 Å². The third kappa shape index (κ3) is 5.98. The molecule has 3 rings (SSSR count). The van der Waals surface area contributed by atoms with E-state index < -0.39 is 0 Å². The summed E-state index contributed by atoms with van der Waals surface area (Å²) in [5.74, 6) is 0.738. The standard InChI is InChI=1S/C22H20Cl2N2O2/c23-20-5-1-4-18(22(20)24)8-11-21(27)26-14-16-6-9-19(10-7-16)28-15-17-3-2-12-25-13-17/h1-7,9-10,12-13H,8,11,14-15H2,(H,26,27). The first-order valence-corrected chi connectivity index (χ1v) is 9.67. The molecule has 0 atom stereocenters. The third-order valence-electron chi connectivity index (χ3n) is 4.19. The number of amides is 1. The molecule has 0 aliphatic rings. The lowest BCUT2D eigenvalue weighted by atomic mass is 10.1. The number of ether oxygens (including phenoxy) is 1. The molecule has 1 N–H and O–H groups in total. The maximum Gasteiger partial charge on any atom is 0.220 e. The summed E-state index contributed by atoms with van der Waals surface area (Å²) in [4.78, 5) is 16.2. The lowest BCUT2D eigenvalue weighted by molar-refractivity contribution is -0.121. The van der Waals surface area contributed by atoms with E-state index in [2.05, 4.69) is 10.3 Å². The molecule has 0 fully saturated rings. The molecular formula is C22H20Cl2N2O2. The van der Waals surface area contributed by atoms with E-state index in [1.807, 2.05) is 48.5 Å². The van der Waals surface area contributed by atoms with E-state index in [1.165, 1.54) is 0 Å². The van der Waals surface area contributed by atoms with Crippen molar-refractivity contribution in [3.8, 4) is 5.75 Å². The Morgan fingerprint density at radius 2 is 1.82 bits per heavy atom. The molecule has 28 heavy (non-hydrogen) atoms. The van der Waals surface area contributed by atoms with Crippen LogP contribution in [0.15, 0.2) is 67.0 Å². The molecule has 0 spiro atoms. The SMILES string of the molecule is O=C(CCc1cccc(Cl)c1Cl)NCc1ccc(OCc2cccnc2)cc1. The van der Waals surface area contributed by atoms with Crippen LogP contribution in [-0.4, -0.2) is 10.9 Å². The smallest absolute Gasteiger partial charge is 0.220 e. The summed E-state index contributed by atoms with van der Waals surface area (Å²) in [5, 5.41) is 3.93. The largest absolute Gasteiger partial charge is 0.489 e.